The molecule has 1 aromatic rings. The molecule has 7 heteroatoms. The van der Waals surface area contributed by atoms with Gasteiger partial charge in [-0.05, 0) is 12.5 Å². The van der Waals surface area contributed by atoms with Gasteiger partial charge in [0.25, 0.3) is 0 Å². The maximum absolute atomic E-state index is 13.4. The second-order valence-corrected chi connectivity index (χ2v) is 5.31. The van der Waals surface area contributed by atoms with Gasteiger partial charge in [0.2, 0.25) is 11.5 Å². The number of unbranched alkanes of at least 4 members (excludes halogenated alkanes) is 3. The molecule has 0 aliphatic heterocycles. The van der Waals surface area contributed by atoms with Crippen LogP contribution in [0.15, 0.2) is 18.3 Å². The minimum Gasteiger partial charge on any atom is -0.481 e. The Morgan fingerprint density at radius 3 is 2.41 bits per heavy atom. The van der Waals surface area contributed by atoms with Gasteiger partial charge in [-0.15, -0.1) is 0 Å². The van der Waals surface area contributed by atoms with Gasteiger partial charge >= 0.3 is 6.18 Å². The second-order valence-electron chi connectivity index (χ2n) is 5.31. The van der Waals surface area contributed by atoms with E-state index in [0.29, 0.717) is 6.42 Å². The Morgan fingerprint density at radius 2 is 1.95 bits per heavy atom. The van der Waals surface area contributed by atoms with Crippen molar-refractivity contribution in [2.75, 3.05) is 7.11 Å². The van der Waals surface area contributed by atoms with Crippen molar-refractivity contribution in [3.8, 4) is 5.88 Å². The standard InChI is InChI=1S/C15H23F3N2O2/c1-3-4-5-6-7-12(19)14(21,15(16,17)18)11-8-9-13(22-2)20-10-11/h8-10,12,21H,3-7,19H2,1-2H3. The Morgan fingerprint density at radius 1 is 1.27 bits per heavy atom. The van der Waals surface area contributed by atoms with Gasteiger partial charge in [0.15, 0.2) is 0 Å². The third kappa shape index (κ3) is 4.10. The third-order valence-electron chi connectivity index (χ3n) is 3.72. The minimum absolute atomic E-state index is 0.0854. The summed E-state index contributed by atoms with van der Waals surface area (Å²) in [6.45, 7) is 2.01. The number of hydrogen-bond acceptors (Lipinski definition) is 4. The molecule has 0 fully saturated rings. The molecule has 0 aromatic carbocycles. The van der Waals surface area contributed by atoms with Crippen molar-refractivity contribution in [3.05, 3.63) is 23.9 Å². The van der Waals surface area contributed by atoms with E-state index in [0.717, 1.165) is 31.5 Å². The zero-order valence-electron chi connectivity index (χ0n) is 12.9. The van der Waals surface area contributed by atoms with E-state index in [4.69, 9.17) is 10.5 Å². The van der Waals surface area contributed by atoms with E-state index < -0.39 is 17.8 Å². The maximum atomic E-state index is 13.4. The molecule has 0 radical (unpaired) electrons. The van der Waals surface area contributed by atoms with Crippen molar-refractivity contribution >= 4 is 0 Å². The first-order valence-electron chi connectivity index (χ1n) is 7.32. The molecule has 0 spiro atoms. The van der Waals surface area contributed by atoms with Gasteiger partial charge in [0, 0.05) is 23.9 Å². The average molecular weight is 320 g/mol. The van der Waals surface area contributed by atoms with Crippen LogP contribution in [-0.2, 0) is 5.60 Å². The Bertz CT molecular complexity index is 451. The molecule has 0 amide bonds. The van der Waals surface area contributed by atoms with E-state index >= 15 is 0 Å². The van der Waals surface area contributed by atoms with Crippen LogP contribution in [0.4, 0.5) is 13.2 Å². The summed E-state index contributed by atoms with van der Waals surface area (Å²) < 4.78 is 45.0. The van der Waals surface area contributed by atoms with E-state index in [-0.39, 0.29) is 17.9 Å². The first-order chi connectivity index (χ1) is 10.3. The molecule has 0 saturated carbocycles. The Labute approximate surface area is 128 Å². The Hall–Kier alpha value is -1.34. The zero-order valence-corrected chi connectivity index (χ0v) is 12.9. The maximum Gasteiger partial charge on any atom is 0.423 e. The molecule has 22 heavy (non-hydrogen) atoms. The fourth-order valence-electron chi connectivity index (χ4n) is 2.31. The average Bonchev–Trinajstić information content (AvgIpc) is 2.49. The van der Waals surface area contributed by atoms with Gasteiger partial charge in [-0.25, -0.2) is 4.98 Å². The summed E-state index contributed by atoms with van der Waals surface area (Å²) in [5.41, 5.74) is 2.21. The Kier molecular flexibility index (Phi) is 6.62. The lowest BCUT2D eigenvalue weighted by molar-refractivity contribution is -0.275. The number of ether oxygens (including phenoxy) is 1. The molecule has 0 aliphatic carbocycles. The van der Waals surface area contributed by atoms with Crippen LogP contribution in [0.2, 0.25) is 0 Å². The molecule has 2 atom stereocenters. The summed E-state index contributed by atoms with van der Waals surface area (Å²) in [7, 11) is 1.36. The van der Waals surface area contributed by atoms with Crippen LogP contribution in [0.1, 0.15) is 44.6 Å². The van der Waals surface area contributed by atoms with Crippen LogP contribution >= 0.6 is 0 Å². The molecular weight excluding hydrogens is 297 g/mol. The van der Waals surface area contributed by atoms with Crippen molar-refractivity contribution < 1.29 is 23.0 Å². The predicted octanol–water partition coefficient (Wildman–Crippen LogP) is 3.14. The van der Waals surface area contributed by atoms with Crippen LogP contribution < -0.4 is 10.5 Å². The van der Waals surface area contributed by atoms with Crippen molar-refractivity contribution in [1.29, 1.82) is 0 Å². The molecular formula is C15H23F3N2O2. The van der Waals surface area contributed by atoms with Crippen LogP contribution in [0.25, 0.3) is 0 Å². The molecule has 4 nitrogen and oxygen atoms in total. The summed E-state index contributed by atoms with van der Waals surface area (Å²) in [5.74, 6) is 0.171. The molecule has 0 saturated heterocycles. The van der Waals surface area contributed by atoms with Gasteiger partial charge in [-0.1, -0.05) is 32.6 Å². The summed E-state index contributed by atoms with van der Waals surface area (Å²) in [6.07, 6.45) is -0.605. The summed E-state index contributed by atoms with van der Waals surface area (Å²) in [5, 5.41) is 10.3. The lowest BCUT2D eigenvalue weighted by Gasteiger charge is -2.36. The molecule has 1 aromatic heterocycles. The number of nitrogens with zero attached hydrogens (tertiary/aromatic N) is 1. The minimum atomic E-state index is -4.88. The molecule has 0 bridgehead atoms. The number of halogens is 3. The molecule has 1 rings (SSSR count). The monoisotopic (exact) mass is 320 g/mol. The SMILES string of the molecule is CCCCCCC(N)C(O)(c1ccc(OC)nc1)C(F)(F)F. The van der Waals surface area contributed by atoms with Gasteiger partial charge < -0.3 is 15.6 Å². The van der Waals surface area contributed by atoms with E-state index in [2.05, 4.69) is 4.98 Å². The number of aromatic nitrogens is 1. The second kappa shape index (κ2) is 7.78. The smallest absolute Gasteiger partial charge is 0.423 e. The van der Waals surface area contributed by atoms with Gasteiger partial charge in [0.1, 0.15) is 0 Å². The number of rotatable bonds is 8. The molecule has 2 unspecified atom stereocenters. The van der Waals surface area contributed by atoms with Crippen molar-refractivity contribution in [3.63, 3.8) is 0 Å². The zero-order chi connectivity index (χ0) is 16.8. The van der Waals surface area contributed by atoms with Gasteiger partial charge in [0.05, 0.1) is 7.11 Å². The number of pyridine rings is 1. The number of aliphatic hydroxyl groups is 1. The highest BCUT2D eigenvalue weighted by molar-refractivity contribution is 5.27. The van der Waals surface area contributed by atoms with E-state index in [1.807, 2.05) is 6.92 Å². The molecule has 0 aliphatic rings. The molecule has 1 heterocycles. The van der Waals surface area contributed by atoms with E-state index in [1.165, 1.54) is 13.2 Å². The summed E-state index contributed by atoms with van der Waals surface area (Å²) in [4.78, 5) is 3.73. The first-order valence-corrected chi connectivity index (χ1v) is 7.32. The highest BCUT2D eigenvalue weighted by Crippen LogP contribution is 2.42. The van der Waals surface area contributed by atoms with E-state index in [9.17, 15) is 18.3 Å². The number of methoxy groups -OCH3 is 1. The lowest BCUT2D eigenvalue weighted by atomic mass is 9.84. The number of hydrogen-bond donors (Lipinski definition) is 2. The highest BCUT2D eigenvalue weighted by Gasteiger charge is 2.58. The molecule has 126 valence electrons. The van der Waals surface area contributed by atoms with Crippen LogP contribution in [0, 0.1) is 0 Å². The fourth-order valence-corrected chi connectivity index (χ4v) is 2.31. The van der Waals surface area contributed by atoms with Crippen molar-refractivity contribution in [2.24, 2.45) is 5.73 Å². The summed E-state index contributed by atoms with van der Waals surface area (Å²) >= 11 is 0. The number of nitrogens with two attached hydrogens (primary N) is 1. The fraction of sp³-hybridized carbons (Fsp3) is 0.667. The van der Waals surface area contributed by atoms with Crippen molar-refractivity contribution in [2.45, 2.75) is 56.8 Å². The molecule has 3 N–H and O–H groups in total. The third-order valence-corrected chi connectivity index (χ3v) is 3.72. The first kappa shape index (κ1) is 18.7. The summed E-state index contributed by atoms with van der Waals surface area (Å²) in [6, 6.07) is 0.973. The van der Waals surface area contributed by atoms with Crippen LogP contribution in [0.3, 0.4) is 0 Å². The predicted molar refractivity (Wildman–Crippen MR) is 77.5 cm³/mol. The van der Waals surface area contributed by atoms with Gasteiger partial charge in [-0.3, -0.25) is 0 Å². The normalized spacial score (nSPS) is 16.1. The number of alkyl halides is 3. The highest BCUT2D eigenvalue weighted by atomic mass is 19.4. The lowest BCUT2D eigenvalue weighted by Crippen LogP contribution is -2.55. The largest absolute Gasteiger partial charge is 0.481 e. The van der Waals surface area contributed by atoms with Gasteiger partial charge in [-0.2, -0.15) is 13.2 Å². The van der Waals surface area contributed by atoms with E-state index in [1.54, 1.807) is 0 Å². The van der Waals surface area contributed by atoms with Crippen molar-refractivity contribution in [1.82, 2.24) is 4.98 Å². The topological polar surface area (TPSA) is 68.4 Å². The van der Waals surface area contributed by atoms with Crippen LogP contribution in [-0.4, -0.2) is 29.4 Å². The quantitative estimate of drug-likeness (QED) is 0.722. The van der Waals surface area contributed by atoms with Crippen LogP contribution in [0.5, 0.6) is 5.88 Å². The Balaban J connectivity index is 2.98.